The van der Waals surface area contributed by atoms with Crippen LogP contribution in [0.15, 0.2) is 27.8 Å². The van der Waals surface area contributed by atoms with Gasteiger partial charge >= 0.3 is 0 Å². The number of aromatic nitrogens is 2. The third-order valence-electron chi connectivity index (χ3n) is 1.96. The summed E-state index contributed by atoms with van der Waals surface area (Å²) in [6.45, 7) is 1.70. The third kappa shape index (κ3) is 3.04. The van der Waals surface area contributed by atoms with Crippen molar-refractivity contribution in [1.29, 1.82) is 5.26 Å². The number of rotatable bonds is 3. The van der Waals surface area contributed by atoms with Crippen LogP contribution >= 0.6 is 11.8 Å². The van der Waals surface area contributed by atoms with Gasteiger partial charge in [0.15, 0.2) is 0 Å². The van der Waals surface area contributed by atoms with Crippen molar-refractivity contribution in [3.63, 3.8) is 0 Å². The van der Waals surface area contributed by atoms with Crippen LogP contribution in [0.2, 0.25) is 0 Å². The fourth-order valence-corrected chi connectivity index (χ4v) is 2.01. The first-order valence-corrected chi connectivity index (χ1v) is 5.78. The number of hydrogen-bond donors (Lipinski definition) is 0. The Balaban J connectivity index is 2.09. The molecule has 0 amide bonds. The van der Waals surface area contributed by atoms with E-state index in [4.69, 9.17) is 9.68 Å². The van der Waals surface area contributed by atoms with E-state index in [1.54, 1.807) is 13.0 Å². The lowest BCUT2D eigenvalue weighted by atomic mass is 10.1. The summed E-state index contributed by atoms with van der Waals surface area (Å²) in [6, 6.07) is 6.13. The number of thioether (sulfide) groups is 1. The van der Waals surface area contributed by atoms with E-state index in [1.165, 1.54) is 23.9 Å². The first-order chi connectivity index (χ1) is 8.17. The minimum Gasteiger partial charge on any atom is -0.416 e. The number of nitriles is 1. The van der Waals surface area contributed by atoms with Gasteiger partial charge in [-0.2, -0.15) is 5.26 Å². The van der Waals surface area contributed by atoms with Gasteiger partial charge in [-0.1, -0.05) is 11.8 Å². The molecule has 0 fully saturated rings. The van der Waals surface area contributed by atoms with Crippen molar-refractivity contribution in [2.24, 2.45) is 0 Å². The van der Waals surface area contributed by atoms with Crippen LogP contribution in [0.4, 0.5) is 4.39 Å². The fraction of sp³-hybridized carbons (Fsp3) is 0.182. The molecule has 1 aromatic carbocycles. The lowest BCUT2D eigenvalue weighted by Gasteiger charge is -1.99. The van der Waals surface area contributed by atoms with Gasteiger partial charge in [-0.3, -0.25) is 0 Å². The van der Waals surface area contributed by atoms with Crippen LogP contribution in [-0.4, -0.2) is 10.2 Å². The fourth-order valence-electron chi connectivity index (χ4n) is 1.28. The number of hydrogen-bond acceptors (Lipinski definition) is 5. The topological polar surface area (TPSA) is 62.7 Å². The Labute approximate surface area is 101 Å². The molecule has 17 heavy (non-hydrogen) atoms. The summed E-state index contributed by atoms with van der Waals surface area (Å²) in [7, 11) is 0. The van der Waals surface area contributed by atoms with Crippen LogP contribution < -0.4 is 0 Å². The molecule has 4 nitrogen and oxygen atoms in total. The number of benzene rings is 1. The number of nitrogens with zero attached hydrogens (tertiary/aromatic N) is 3. The van der Waals surface area contributed by atoms with Gasteiger partial charge in [0.1, 0.15) is 5.82 Å². The molecule has 0 aliphatic carbocycles. The van der Waals surface area contributed by atoms with Gasteiger partial charge in [-0.15, -0.1) is 10.2 Å². The second-order valence-corrected chi connectivity index (χ2v) is 4.26. The second-order valence-electron chi connectivity index (χ2n) is 3.34. The summed E-state index contributed by atoms with van der Waals surface area (Å²) in [6.07, 6.45) is 0. The van der Waals surface area contributed by atoms with Crippen molar-refractivity contribution in [1.82, 2.24) is 10.2 Å². The molecule has 0 aliphatic heterocycles. The van der Waals surface area contributed by atoms with Gasteiger partial charge < -0.3 is 4.42 Å². The zero-order valence-corrected chi connectivity index (χ0v) is 9.79. The van der Waals surface area contributed by atoms with Crippen LogP contribution in [0.1, 0.15) is 17.0 Å². The molecule has 1 aromatic heterocycles. The van der Waals surface area contributed by atoms with E-state index in [9.17, 15) is 4.39 Å². The maximum atomic E-state index is 13.1. The molecule has 0 unspecified atom stereocenters. The maximum Gasteiger partial charge on any atom is 0.276 e. The van der Waals surface area contributed by atoms with E-state index in [0.717, 1.165) is 0 Å². The van der Waals surface area contributed by atoms with Crippen LogP contribution in [0, 0.1) is 24.1 Å². The van der Waals surface area contributed by atoms with Crippen LogP contribution in [0.5, 0.6) is 0 Å². The van der Waals surface area contributed by atoms with E-state index in [2.05, 4.69) is 10.2 Å². The van der Waals surface area contributed by atoms with E-state index in [1.807, 2.05) is 6.07 Å². The first-order valence-electron chi connectivity index (χ1n) is 4.80. The Bertz CT molecular complexity index is 576. The Morgan fingerprint density at radius 3 is 2.88 bits per heavy atom. The highest BCUT2D eigenvalue weighted by Crippen LogP contribution is 2.22. The minimum absolute atomic E-state index is 0.308. The molecular formula is C11H8FN3OS. The minimum atomic E-state index is -0.415. The van der Waals surface area contributed by atoms with E-state index in [0.29, 0.717) is 28.0 Å². The third-order valence-corrected chi connectivity index (χ3v) is 2.85. The van der Waals surface area contributed by atoms with Gasteiger partial charge in [-0.05, 0) is 23.8 Å². The van der Waals surface area contributed by atoms with E-state index >= 15 is 0 Å². The average molecular weight is 249 g/mol. The smallest absolute Gasteiger partial charge is 0.276 e. The summed E-state index contributed by atoms with van der Waals surface area (Å²) < 4.78 is 18.3. The highest BCUT2D eigenvalue weighted by Gasteiger charge is 2.05. The van der Waals surface area contributed by atoms with Crippen molar-refractivity contribution in [2.75, 3.05) is 0 Å². The highest BCUT2D eigenvalue weighted by atomic mass is 32.2. The summed E-state index contributed by atoms with van der Waals surface area (Å²) in [5.74, 6) is 0.555. The van der Waals surface area contributed by atoms with Gasteiger partial charge in [-0.25, -0.2) is 4.39 Å². The molecule has 0 saturated heterocycles. The average Bonchev–Trinajstić information content (AvgIpc) is 2.72. The molecule has 1 heterocycles. The van der Waals surface area contributed by atoms with Crippen molar-refractivity contribution in [3.05, 3.63) is 41.0 Å². The molecule has 6 heteroatoms. The molecular weight excluding hydrogens is 241 g/mol. The molecule has 0 aliphatic rings. The Hall–Kier alpha value is -1.87. The molecule has 0 atom stereocenters. The van der Waals surface area contributed by atoms with Crippen molar-refractivity contribution in [3.8, 4) is 6.07 Å². The molecule has 0 bridgehead atoms. The lowest BCUT2D eigenvalue weighted by Crippen LogP contribution is -1.86. The molecule has 0 N–H and O–H groups in total. The monoisotopic (exact) mass is 249 g/mol. The quantitative estimate of drug-likeness (QED) is 0.782. The molecule has 0 spiro atoms. The summed E-state index contributed by atoms with van der Waals surface area (Å²) >= 11 is 1.31. The molecule has 86 valence electrons. The zero-order valence-electron chi connectivity index (χ0n) is 8.98. The number of aryl methyl sites for hydroxylation is 1. The molecule has 0 radical (unpaired) electrons. The van der Waals surface area contributed by atoms with Gasteiger partial charge in [0.2, 0.25) is 5.89 Å². The van der Waals surface area contributed by atoms with Gasteiger partial charge in [0.25, 0.3) is 5.22 Å². The summed E-state index contributed by atoms with van der Waals surface area (Å²) in [5, 5.41) is 16.6. The van der Waals surface area contributed by atoms with Crippen molar-refractivity contribution < 1.29 is 8.81 Å². The summed E-state index contributed by atoms with van der Waals surface area (Å²) in [4.78, 5) is 0. The van der Waals surface area contributed by atoms with Crippen molar-refractivity contribution in [2.45, 2.75) is 17.9 Å². The maximum absolute atomic E-state index is 13.1. The van der Waals surface area contributed by atoms with E-state index in [-0.39, 0.29) is 0 Å². The first kappa shape index (κ1) is 11.6. The van der Waals surface area contributed by atoms with E-state index < -0.39 is 5.82 Å². The van der Waals surface area contributed by atoms with Gasteiger partial charge in [0, 0.05) is 12.7 Å². The molecule has 2 rings (SSSR count). The predicted octanol–water partition coefficient (Wildman–Crippen LogP) is 2.68. The van der Waals surface area contributed by atoms with Gasteiger partial charge in [0.05, 0.1) is 11.6 Å². The van der Waals surface area contributed by atoms with Crippen LogP contribution in [0.25, 0.3) is 0 Å². The molecule has 2 aromatic rings. The molecule has 0 saturated carbocycles. The second kappa shape index (κ2) is 4.97. The Morgan fingerprint density at radius 1 is 1.41 bits per heavy atom. The van der Waals surface area contributed by atoms with Crippen LogP contribution in [0.3, 0.4) is 0 Å². The SMILES string of the molecule is Cc1nnc(SCc2cc(F)cc(C#N)c2)o1. The number of halogens is 1. The normalized spacial score (nSPS) is 10.2. The standard InChI is InChI=1S/C11H8FN3OS/c1-7-14-15-11(16-7)17-6-9-2-8(5-13)3-10(12)4-9/h2-4H,6H2,1H3. The van der Waals surface area contributed by atoms with Crippen LogP contribution in [-0.2, 0) is 5.75 Å². The lowest BCUT2D eigenvalue weighted by molar-refractivity contribution is 0.429. The van der Waals surface area contributed by atoms with Crippen molar-refractivity contribution >= 4 is 11.8 Å². The highest BCUT2D eigenvalue weighted by molar-refractivity contribution is 7.98. The summed E-state index contributed by atoms with van der Waals surface area (Å²) in [5.41, 5.74) is 1.02. The largest absolute Gasteiger partial charge is 0.416 e. The zero-order chi connectivity index (χ0) is 12.3. The Morgan fingerprint density at radius 2 is 2.24 bits per heavy atom. The predicted molar refractivity (Wildman–Crippen MR) is 59.7 cm³/mol. The Kier molecular flexibility index (Phi) is 3.40.